The Morgan fingerprint density at radius 3 is 1.28 bits per heavy atom. The van der Waals surface area contributed by atoms with Gasteiger partial charge >= 0.3 is 19.8 Å². The number of phosphoric ester groups is 1. The SMILES string of the molecule is CCCCC/C=C\CCCCCCCC(=O)OC(CO)COP(=O)(O)OCC(CO)OC(=O)CCCCCCCCCCCCC. The fourth-order valence-corrected chi connectivity index (χ4v) is 5.66. The number of esters is 2. The van der Waals surface area contributed by atoms with Gasteiger partial charge in [-0.25, -0.2) is 4.57 Å². The summed E-state index contributed by atoms with van der Waals surface area (Å²) in [5.74, 6) is -1.03. The maximum absolute atomic E-state index is 12.3. The molecule has 3 atom stereocenters. The quantitative estimate of drug-likeness (QED) is 0.0262. The Morgan fingerprint density at radius 2 is 0.891 bits per heavy atom. The first-order valence-electron chi connectivity index (χ1n) is 18.1. The second-order valence-electron chi connectivity index (χ2n) is 12.2. The van der Waals surface area contributed by atoms with Crippen LogP contribution in [0.25, 0.3) is 0 Å². The molecule has 0 aromatic carbocycles. The summed E-state index contributed by atoms with van der Waals surface area (Å²) in [7, 11) is -4.62. The van der Waals surface area contributed by atoms with Crippen molar-refractivity contribution < 1.29 is 47.8 Å². The molecule has 11 heteroatoms. The minimum atomic E-state index is -4.62. The fourth-order valence-electron chi connectivity index (χ4n) is 4.87. The van der Waals surface area contributed by atoms with E-state index >= 15 is 0 Å². The van der Waals surface area contributed by atoms with Crippen LogP contribution in [-0.4, -0.2) is 65.7 Å². The Labute approximate surface area is 279 Å². The average molecular weight is 679 g/mol. The molecular weight excluding hydrogens is 611 g/mol. The molecule has 0 heterocycles. The lowest BCUT2D eigenvalue weighted by Gasteiger charge is -2.20. The van der Waals surface area contributed by atoms with Gasteiger partial charge in [0.1, 0.15) is 12.2 Å². The van der Waals surface area contributed by atoms with Crippen molar-refractivity contribution in [2.75, 3.05) is 26.4 Å². The summed E-state index contributed by atoms with van der Waals surface area (Å²) in [4.78, 5) is 34.2. The van der Waals surface area contributed by atoms with E-state index in [4.69, 9.17) is 18.5 Å². The summed E-state index contributed by atoms with van der Waals surface area (Å²) in [6, 6.07) is 0. The summed E-state index contributed by atoms with van der Waals surface area (Å²) < 4.78 is 32.3. The number of carbonyl (C=O) groups excluding carboxylic acids is 2. The lowest BCUT2D eigenvalue weighted by atomic mass is 10.1. The minimum Gasteiger partial charge on any atom is -0.457 e. The van der Waals surface area contributed by atoms with E-state index in [0.29, 0.717) is 12.8 Å². The molecule has 0 rings (SSSR count). The highest BCUT2D eigenvalue weighted by Gasteiger charge is 2.27. The number of aliphatic hydroxyl groups is 2. The van der Waals surface area contributed by atoms with E-state index in [1.54, 1.807) is 0 Å². The lowest BCUT2D eigenvalue weighted by Crippen LogP contribution is -2.28. The van der Waals surface area contributed by atoms with Crippen LogP contribution in [0, 0.1) is 0 Å². The molecule has 272 valence electrons. The first-order valence-corrected chi connectivity index (χ1v) is 19.6. The van der Waals surface area contributed by atoms with E-state index in [0.717, 1.165) is 57.8 Å². The summed E-state index contributed by atoms with van der Waals surface area (Å²) in [6.45, 7) is 2.14. The molecule has 0 amide bonds. The molecule has 3 N–H and O–H groups in total. The summed E-state index contributed by atoms with van der Waals surface area (Å²) in [5, 5.41) is 19.0. The zero-order valence-corrected chi connectivity index (χ0v) is 29.9. The third-order valence-electron chi connectivity index (χ3n) is 7.73. The molecule has 0 spiro atoms. The van der Waals surface area contributed by atoms with Crippen molar-refractivity contribution in [1.82, 2.24) is 0 Å². The molecule has 0 aliphatic rings. The summed E-state index contributed by atoms with van der Waals surface area (Å²) >= 11 is 0. The van der Waals surface area contributed by atoms with E-state index in [9.17, 15) is 29.3 Å². The van der Waals surface area contributed by atoms with Crippen molar-refractivity contribution in [2.45, 2.75) is 174 Å². The second-order valence-corrected chi connectivity index (χ2v) is 13.7. The molecule has 0 saturated carbocycles. The molecule has 0 radical (unpaired) electrons. The number of carbonyl (C=O) groups is 2. The molecule has 0 fully saturated rings. The van der Waals surface area contributed by atoms with Crippen LogP contribution >= 0.6 is 7.82 Å². The Balaban J connectivity index is 4.02. The molecule has 0 aromatic heterocycles. The van der Waals surface area contributed by atoms with Crippen LogP contribution in [-0.2, 0) is 32.7 Å². The molecule has 46 heavy (non-hydrogen) atoms. The summed E-state index contributed by atoms with van der Waals surface area (Å²) in [6.07, 6.45) is 26.2. The molecule has 0 aromatic rings. The van der Waals surface area contributed by atoms with Crippen LogP contribution < -0.4 is 0 Å². The monoisotopic (exact) mass is 678 g/mol. The van der Waals surface area contributed by atoms with Crippen molar-refractivity contribution in [1.29, 1.82) is 0 Å². The van der Waals surface area contributed by atoms with Gasteiger partial charge in [0, 0.05) is 12.8 Å². The second kappa shape index (κ2) is 32.3. The first-order chi connectivity index (χ1) is 22.3. The number of hydrogen-bond donors (Lipinski definition) is 3. The lowest BCUT2D eigenvalue weighted by molar-refractivity contribution is -0.153. The highest BCUT2D eigenvalue weighted by atomic mass is 31.2. The normalized spacial score (nSPS) is 14.3. The van der Waals surface area contributed by atoms with E-state index in [2.05, 4.69) is 26.0 Å². The van der Waals surface area contributed by atoms with Crippen molar-refractivity contribution in [2.24, 2.45) is 0 Å². The predicted octanol–water partition coefficient (Wildman–Crippen LogP) is 8.50. The van der Waals surface area contributed by atoms with Crippen LogP contribution in [0.5, 0.6) is 0 Å². The van der Waals surface area contributed by atoms with E-state index in [1.165, 1.54) is 64.2 Å². The van der Waals surface area contributed by atoms with Crippen LogP contribution in [0.2, 0.25) is 0 Å². The number of aliphatic hydroxyl groups excluding tert-OH is 2. The third-order valence-corrected chi connectivity index (χ3v) is 8.68. The molecule has 0 saturated heterocycles. The van der Waals surface area contributed by atoms with Gasteiger partial charge in [0.15, 0.2) is 0 Å². The van der Waals surface area contributed by atoms with E-state index < -0.39 is 58.4 Å². The van der Waals surface area contributed by atoms with Gasteiger partial charge in [-0.1, -0.05) is 122 Å². The zero-order valence-electron chi connectivity index (χ0n) is 29.0. The smallest absolute Gasteiger partial charge is 0.457 e. The van der Waals surface area contributed by atoms with Gasteiger partial charge < -0.3 is 24.6 Å². The number of allylic oxidation sites excluding steroid dienone is 2. The van der Waals surface area contributed by atoms with Gasteiger partial charge in [-0.3, -0.25) is 18.6 Å². The van der Waals surface area contributed by atoms with Crippen molar-refractivity contribution in [3.05, 3.63) is 12.2 Å². The zero-order chi connectivity index (χ0) is 34.1. The Bertz CT molecular complexity index is 791. The van der Waals surface area contributed by atoms with Crippen molar-refractivity contribution in [3.8, 4) is 0 Å². The highest BCUT2D eigenvalue weighted by molar-refractivity contribution is 7.47. The molecule has 0 bridgehead atoms. The number of phosphoric acid groups is 1. The summed E-state index contributed by atoms with van der Waals surface area (Å²) in [5.41, 5.74) is 0. The largest absolute Gasteiger partial charge is 0.472 e. The van der Waals surface area contributed by atoms with E-state index in [-0.39, 0.29) is 12.8 Å². The first kappa shape index (κ1) is 44.7. The standard InChI is InChI=1S/C35H67O10P/c1-3-5-7-9-11-13-15-17-19-21-23-25-27-35(39)45-33(29-37)31-43-46(40,41)42-30-32(28-36)44-34(38)26-24-22-20-18-16-14-12-10-8-6-4-2/h11,13,32-33,36-37H,3-10,12,14-31H2,1-2H3,(H,40,41)/b13-11-. The van der Waals surface area contributed by atoms with Gasteiger partial charge in [0.25, 0.3) is 0 Å². The Morgan fingerprint density at radius 1 is 0.565 bits per heavy atom. The van der Waals surface area contributed by atoms with Gasteiger partial charge in [-0.15, -0.1) is 0 Å². The van der Waals surface area contributed by atoms with Crippen molar-refractivity contribution >= 4 is 19.8 Å². The minimum absolute atomic E-state index is 0.184. The fraction of sp³-hybridized carbons (Fsp3) is 0.886. The highest BCUT2D eigenvalue weighted by Crippen LogP contribution is 2.43. The Hall–Kier alpha value is -1.29. The molecular formula is C35H67O10P. The molecule has 3 unspecified atom stereocenters. The maximum atomic E-state index is 12.3. The van der Waals surface area contributed by atoms with Crippen LogP contribution in [0.15, 0.2) is 12.2 Å². The third kappa shape index (κ3) is 30.1. The number of unbranched alkanes of at least 4 members (excludes halogenated alkanes) is 18. The van der Waals surface area contributed by atoms with Gasteiger partial charge in [-0.05, 0) is 38.5 Å². The van der Waals surface area contributed by atoms with Crippen LogP contribution in [0.4, 0.5) is 0 Å². The maximum Gasteiger partial charge on any atom is 0.472 e. The van der Waals surface area contributed by atoms with Crippen LogP contribution in [0.1, 0.15) is 162 Å². The predicted molar refractivity (Wildman–Crippen MR) is 182 cm³/mol. The number of rotatable bonds is 34. The van der Waals surface area contributed by atoms with Crippen LogP contribution in [0.3, 0.4) is 0 Å². The van der Waals surface area contributed by atoms with Gasteiger partial charge in [-0.2, -0.15) is 0 Å². The van der Waals surface area contributed by atoms with Gasteiger partial charge in [0.05, 0.1) is 26.4 Å². The number of ether oxygens (including phenoxy) is 2. The topological polar surface area (TPSA) is 149 Å². The van der Waals surface area contributed by atoms with Gasteiger partial charge in [0.2, 0.25) is 0 Å². The van der Waals surface area contributed by atoms with Crippen molar-refractivity contribution in [3.63, 3.8) is 0 Å². The molecule has 0 aliphatic carbocycles. The molecule has 0 aliphatic heterocycles. The number of hydrogen-bond acceptors (Lipinski definition) is 9. The molecule has 10 nitrogen and oxygen atoms in total. The van der Waals surface area contributed by atoms with E-state index in [1.807, 2.05) is 0 Å². The average Bonchev–Trinajstić information content (AvgIpc) is 3.04. The Kier molecular flexibility index (Phi) is 31.4.